The average molecular weight is 561 g/mol. The number of nitrogens with one attached hydrogen (secondary N) is 1. The van der Waals surface area contributed by atoms with Crippen LogP contribution >= 0.6 is 23.5 Å². The molecule has 7 heteroatoms. The van der Waals surface area contributed by atoms with Crippen LogP contribution in [0.15, 0.2) is 22.4 Å². The molecule has 0 saturated heterocycles. The molecule has 214 valence electrons. The van der Waals surface area contributed by atoms with E-state index in [1.807, 2.05) is 0 Å². The van der Waals surface area contributed by atoms with Crippen LogP contribution in [0.3, 0.4) is 0 Å². The van der Waals surface area contributed by atoms with Gasteiger partial charge in [-0.25, -0.2) is 0 Å². The summed E-state index contributed by atoms with van der Waals surface area (Å²) < 4.78 is 0. The maximum Gasteiger partial charge on any atom is 0.232 e. The fourth-order valence-corrected chi connectivity index (χ4v) is 5.88. The number of aromatic hydroxyl groups is 1. The van der Waals surface area contributed by atoms with Crippen LogP contribution in [0.5, 0.6) is 5.75 Å². The molecule has 0 aliphatic rings. The summed E-state index contributed by atoms with van der Waals surface area (Å²) in [6.45, 7) is 17.6. The molecule has 0 fully saturated rings. The Bertz CT molecular complexity index is 925. The summed E-state index contributed by atoms with van der Waals surface area (Å²) >= 11 is 3.45. The van der Waals surface area contributed by atoms with Gasteiger partial charge >= 0.3 is 0 Å². The fraction of sp³-hybridized carbons (Fsp3) is 0.710. The molecule has 1 heterocycles. The number of aromatic nitrogens is 3. The Morgan fingerprint density at radius 3 is 1.53 bits per heavy atom. The van der Waals surface area contributed by atoms with Gasteiger partial charge in [-0.3, -0.25) is 0 Å². The highest BCUT2D eigenvalue weighted by molar-refractivity contribution is 7.99. The second kappa shape index (κ2) is 16.0. The molecule has 5 nitrogen and oxygen atoms in total. The van der Waals surface area contributed by atoms with E-state index in [1.165, 1.54) is 51.4 Å². The number of nitrogens with zero attached hydrogens (tertiary/aromatic N) is 3. The van der Waals surface area contributed by atoms with Crippen molar-refractivity contribution in [1.82, 2.24) is 15.0 Å². The highest BCUT2D eigenvalue weighted by Gasteiger charge is 2.30. The topological polar surface area (TPSA) is 70.9 Å². The molecule has 0 bridgehead atoms. The number of phenols is 1. The summed E-state index contributed by atoms with van der Waals surface area (Å²) in [5.41, 5.74) is 2.54. The maximum absolute atomic E-state index is 11.3. The molecule has 0 spiro atoms. The summed E-state index contributed by atoms with van der Waals surface area (Å²) in [7, 11) is 0. The highest BCUT2D eigenvalue weighted by atomic mass is 32.2. The van der Waals surface area contributed by atoms with Crippen LogP contribution < -0.4 is 5.32 Å². The molecule has 0 aliphatic heterocycles. The molecule has 38 heavy (non-hydrogen) atoms. The monoisotopic (exact) mass is 560 g/mol. The van der Waals surface area contributed by atoms with Crippen molar-refractivity contribution in [2.75, 3.05) is 16.8 Å². The zero-order valence-corrected chi connectivity index (χ0v) is 26.9. The molecule has 2 N–H and O–H groups in total. The smallest absolute Gasteiger partial charge is 0.232 e. The summed E-state index contributed by atoms with van der Waals surface area (Å²) in [6, 6.07) is 4.15. The molecule has 0 amide bonds. The molecule has 1 aromatic heterocycles. The van der Waals surface area contributed by atoms with Crippen molar-refractivity contribution in [3.63, 3.8) is 0 Å². The molecule has 1 aromatic carbocycles. The molecule has 0 saturated carbocycles. The van der Waals surface area contributed by atoms with Crippen molar-refractivity contribution in [3.8, 4) is 5.75 Å². The quantitative estimate of drug-likeness (QED) is 0.107. The first-order chi connectivity index (χ1) is 18.1. The van der Waals surface area contributed by atoms with Crippen molar-refractivity contribution in [1.29, 1.82) is 0 Å². The van der Waals surface area contributed by atoms with Gasteiger partial charge in [-0.2, -0.15) is 15.0 Å². The van der Waals surface area contributed by atoms with Gasteiger partial charge in [0.2, 0.25) is 5.95 Å². The lowest BCUT2D eigenvalue weighted by Gasteiger charge is -2.31. The molecule has 0 aliphatic carbocycles. The lowest BCUT2D eigenvalue weighted by atomic mass is 9.75. The number of thioether (sulfide) groups is 2. The molecular weight excluding hydrogens is 509 g/mol. The summed E-state index contributed by atoms with van der Waals surface area (Å²) in [6.07, 6.45) is 11.7. The van der Waals surface area contributed by atoms with Crippen molar-refractivity contribution < 1.29 is 5.11 Å². The van der Waals surface area contributed by atoms with Crippen LogP contribution in [0.25, 0.3) is 0 Å². The van der Waals surface area contributed by atoms with E-state index in [1.54, 1.807) is 23.5 Å². The summed E-state index contributed by atoms with van der Waals surface area (Å²) in [5.74, 6) is 3.04. The minimum atomic E-state index is -0.154. The van der Waals surface area contributed by atoms with Gasteiger partial charge in [-0.15, -0.1) is 0 Å². The van der Waals surface area contributed by atoms with Gasteiger partial charge in [-0.05, 0) is 48.6 Å². The van der Waals surface area contributed by atoms with Crippen LogP contribution in [-0.2, 0) is 10.8 Å². The number of anilines is 2. The first-order valence-corrected chi connectivity index (χ1v) is 16.7. The van der Waals surface area contributed by atoms with E-state index in [9.17, 15) is 5.11 Å². The standard InChI is InChI=1S/C31H52N4OS2/c1-9-13-15-17-19-37-28-33-27(34-29(35-28)38-20-18-16-14-10-2)32-23-21-24(30(5,6)11-3)26(36)25(22-23)31(7,8)12-4/h21-22,36H,9-20H2,1-8H3,(H,32,33,34,35). The lowest BCUT2D eigenvalue weighted by molar-refractivity contribution is 0.400. The van der Waals surface area contributed by atoms with E-state index < -0.39 is 0 Å². The Morgan fingerprint density at radius 1 is 0.684 bits per heavy atom. The first-order valence-electron chi connectivity index (χ1n) is 14.7. The molecule has 2 rings (SSSR count). The van der Waals surface area contributed by atoms with Crippen LogP contribution in [0.2, 0.25) is 0 Å². The Labute approximate surface area is 241 Å². The van der Waals surface area contributed by atoms with Crippen molar-refractivity contribution in [2.24, 2.45) is 0 Å². The van der Waals surface area contributed by atoms with Crippen LogP contribution in [0.4, 0.5) is 11.6 Å². The van der Waals surface area contributed by atoms with Crippen LogP contribution in [-0.4, -0.2) is 31.6 Å². The van der Waals surface area contributed by atoms with Gasteiger partial charge in [0.05, 0.1) is 0 Å². The summed E-state index contributed by atoms with van der Waals surface area (Å²) in [5, 5.41) is 16.4. The van der Waals surface area contributed by atoms with Gasteiger partial charge in [0.15, 0.2) is 10.3 Å². The molecule has 2 aromatic rings. The third-order valence-corrected chi connectivity index (χ3v) is 9.51. The van der Waals surface area contributed by atoms with E-state index >= 15 is 0 Å². The zero-order valence-electron chi connectivity index (χ0n) is 25.2. The highest BCUT2D eigenvalue weighted by Crippen LogP contribution is 2.44. The third kappa shape index (κ3) is 9.93. The Morgan fingerprint density at radius 2 is 1.13 bits per heavy atom. The SMILES string of the molecule is CCCCCCSc1nc(Nc2cc(C(C)(C)CC)c(O)c(C(C)(C)CC)c2)nc(SCCCCCC)n1. The largest absolute Gasteiger partial charge is 0.507 e. The van der Waals surface area contributed by atoms with E-state index in [0.717, 1.165) is 51.5 Å². The van der Waals surface area contributed by atoms with E-state index in [-0.39, 0.29) is 10.8 Å². The van der Waals surface area contributed by atoms with Gasteiger partial charge in [0, 0.05) is 28.3 Å². The second-order valence-electron chi connectivity index (χ2n) is 11.6. The van der Waals surface area contributed by atoms with E-state index in [4.69, 9.17) is 15.0 Å². The number of hydrogen-bond acceptors (Lipinski definition) is 7. The van der Waals surface area contributed by atoms with Gasteiger partial charge in [0.25, 0.3) is 0 Å². The Balaban J connectivity index is 2.39. The number of unbranched alkanes of at least 4 members (excludes halogenated alkanes) is 6. The summed E-state index contributed by atoms with van der Waals surface area (Å²) in [4.78, 5) is 14.4. The second-order valence-corrected chi connectivity index (χ2v) is 13.7. The zero-order chi connectivity index (χ0) is 28.2. The number of benzene rings is 1. The molecular formula is C31H52N4OS2. The predicted octanol–water partition coefficient (Wildman–Crippen LogP) is 10.0. The van der Waals surface area contributed by atoms with Gasteiger partial charge in [0.1, 0.15) is 5.75 Å². The van der Waals surface area contributed by atoms with E-state index in [2.05, 4.69) is 72.8 Å². The van der Waals surface area contributed by atoms with E-state index in [0.29, 0.717) is 11.7 Å². The normalized spacial score (nSPS) is 12.2. The molecule has 0 atom stereocenters. The van der Waals surface area contributed by atoms with Crippen LogP contribution in [0, 0.1) is 0 Å². The minimum Gasteiger partial charge on any atom is -0.507 e. The predicted molar refractivity (Wildman–Crippen MR) is 168 cm³/mol. The van der Waals surface area contributed by atoms with Crippen LogP contribution in [0.1, 0.15) is 131 Å². The third-order valence-electron chi connectivity index (χ3n) is 7.64. The van der Waals surface area contributed by atoms with Crippen molar-refractivity contribution in [2.45, 2.75) is 141 Å². The fourth-order valence-electron chi connectivity index (χ4n) is 4.16. The van der Waals surface area contributed by atoms with Crippen molar-refractivity contribution >= 4 is 35.2 Å². The average Bonchev–Trinajstić information content (AvgIpc) is 2.89. The first kappa shape index (κ1) is 32.7. The Kier molecular flexibility index (Phi) is 13.7. The Hall–Kier alpha value is -1.47. The lowest BCUT2D eigenvalue weighted by Crippen LogP contribution is -2.21. The van der Waals surface area contributed by atoms with Gasteiger partial charge in [-0.1, -0.05) is 117 Å². The number of rotatable bonds is 18. The number of hydrogen-bond donors (Lipinski definition) is 2. The van der Waals surface area contributed by atoms with Crippen molar-refractivity contribution in [3.05, 3.63) is 23.3 Å². The minimum absolute atomic E-state index is 0.154. The number of phenolic OH excluding ortho intramolecular Hbond substituents is 1. The molecule has 0 unspecified atom stereocenters. The maximum atomic E-state index is 11.3. The molecule has 0 radical (unpaired) electrons. The van der Waals surface area contributed by atoms with Gasteiger partial charge < -0.3 is 10.4 Å².